The van der Waals surface area contributed by atoms with Crippen molar-refractivity contribution >= 4 is 11.8 Å². The number of nitrogens with zero attached hydrogens (tertiary/aromatic N) is 2. The molecule has 2 N–H and O–H groups in total. The first-order valence-electron chi connectivity index (χ1n) is 6.05. The summed E-state index contributed by atoms with van der Waals surface area (Å²) in [7, 11) is 0. The van der Waals surface area contributed by atoms with E-state index in [0.29, 0.717) is 11.7 Å². The monoisotopic (exact) mass is 249 g/mol. The first-order valence-corrected chi connectivity index (χ1v) is 6.05. The third-order valence-corrected chi connectivity index (χ3v) is 4.74. The molecule has 0 atom stereocenters. The molecule has 1 aromatic heterocycles. The fourth-order valence-corrected chi connectivity index (χ4v) is 2.67. The zero-order chi connectivity index (χ0) is 13.6. The van der Waals surface area contributed by atoms with E-state index in [4.69, 9.17) is 5.11 Å². The van der Waals surface area contributed by atoms with E-state index < -0.39 is 5.97 Å². The number of carboxylic acids is 1. The second kappa shape index (κ2) is 3.93. The molecule has 1 aliphatic carbocycles. The number of hydrogen-bond acceptors (Lipinski definition) is 4. The molecule has 5 nitrogen and oxygen atoms in total. The Bertz CT molecular complexity index is 469. The molecule has 1 aromatic rings. The van der Waals surface area contributed by atoms with Gasteiger partial charge in [-0.15, -0.1) is 0 Å². The minimum atomic E-state index is -1.01. The quantitative estimate of drug-likeness (QED) is 0.856. The molecule has 0 spiro atoms. The number of rotatable bonds is 4. The largest absolute Gasteiger partial charge is 0.477 e. The van der Waals surface area contributed by atoms with Crippen molar-refractivity contribution in [2.24, 2.45) is 16.7 Å². The molecular weight excluding hydrogens is 230 g/mol. The summed E-state index contributed by atoms with van der Waals surface area (Å²) in [6, 6.07) is 0. The lowest BCUT2D eigenvalue weighted by atomic mass is 10.0. The highest BCUT2D eigenvalue weighted by Crippen LogP contribution is 2.68. The Morgan fingerprint density at radius 2 is 2.00 bits per heavy atom. The topological polar surface area (TPSA) is 75.1 Å². The first kappa shape index (κ1) is 12.8. The number of aromatic nitrogens is 2. The lowest BCUT2D eigenvalue weighted by molar-refractivity contribution is 0.0697. The number of carboxylic acid groups (broad SMARTS) is 1. The maximum absolute atomic E-state index is 11.0. The van der Waals surface area contributed by atoms with Crippen molar-refractivity contribution in [2.45, 2.75) is 27.7 Å². The van der Waals surface area contributed by atoms with Crippen molar-refractivity contribution in [3.63, 3.8) is 0 Å². The Kier molecular flexibility index (Phi) is 2.80. The first-order chi connectivity index (χ1) is 8.28. The van der Waals surface area contributed by atoms with Crippen molar-refractivity contribution < 1.29 is 9.90 Å². The molecule has 0 aliphatic heterocycles. The van der Waals surface area contributed by atoms with E-state index in [9.17, 15) is 4.79 Å². The number of carbonyl (C=O) groups is 1. The molecule has 0 unspecified atom stereocenters. The van der Waals surface area contributed by atoms with Gasteiger partial charge in [-0.25, -0.2) is 14.8 Å². The van der Waals surface area contributed by atoms with Gasteiger partial charge in [-0.05, 0) is 16.7 Å². The average Bonchev–Trinajstić information content (AvgIpc) is 2.67. The van der Waals surface area contributed by atoms with Crippen LogP contribution in [-0.4, -0.2) is 27.6 Å². The molecule has 18 heavy (non-hydrogen) atoms. The molecule has 0 aromatic carbocycles. The van der Waals surface area contributed by atoms with Crippen LogP contribution in [0.25, 0.3) is 0 Å². The Morgan fingerprint density at radius 1 is 1.39 bits per heavy atom. The van der Waals surface area contributed by atoms with Gasteiger partial charge in [0.25, 0.3) is 0 Å². The molecule has 1 fully saturated rings. The summed E-state index contributed by atoms with van der Waals surface area (Å²) < 4.78 is 0. The van der Waals surface area contributed by atoms with Gasteiger partial charge in [0.2, 0.25) is 0 Å². The lowest BCUT2D eigenvalue weighted by Crippen LogP contribution is -2.13. The normalized spacial score (nSPS) is 20.4. The maximum atomic E-state index is 11.0. The zero-order valence-electron chi connectivity index (χ0n) is 11.2. The van der Waals surface area contributed by atoms with Crippen LogP contribution in [0.15, 0.2) is 12.5 Å². The second-order valence-electron chi connectivity index (χ2n) is 5.97. The highest BCUT2D eigenvalue weighted by molar-refractivity contribution is 5.92. The van der Waals surface area contributed by atoms with Crippen LogP contribution in [0.4, 0.5) is 5.82 Å². The summed E-state index contributed by atoms with van der Waals surface area (Å²) in [5, 5.41) is 12.2. The van der Waals surface area contributed by atoms with Crippen LogP contribution in [-0.2, 0) is 0 Å². The Labute approximate surface area is 107 Å². The summed E-state index contributed by atoms with van der Waals surface area (Å²) in [5.41, 5.74) is 0.668. The van der Waals surface area contributed by atoms with Crippen LogP contribution in [0.5, 0.6) is 0 Å². The molecule has 1 saturated carbocycles. The molecule has 1 aliphatic rings. The number of hydrogen-bond donors (Lipinski definition) is 2. The Balaban J connectivity index is 2.07. The van der Waals surface area contributed by atoms with Gasteiger partial charge in [0.15, 0.2) is 0 Å². The molecule has 98 valence electrons. The van der Waals surface area contributed by atoms with Gasteiger partial charge in [-0.2, -0.15) is 0 Å². The molecule has 0 saturated heterocycles. The molecule has 0 amide bonds. The van der Waals surface area contributed by atoms with Crippen molar-refractivity contribution in [2.75, 3.05) is 11.9 Å². The molecule has 2 rings (SSSR count). The van der Waals surface area contributed by atoms with Crippen LogP contribution >= 0.6 is 0 Å². The van der Waals surface area contributed by atoms with Gasteiger partial charge in [-0.1, -0.05) is 27.7 Å². The van der Waals surface area contributed by atoms with E-state index in [1.807, 2.05) is 0 Å². The highest BCUT2D eigenvalue weighted by atomic mass is 16.4. The third-order valence-electron chi connectivity index (χ3n) is 4.74. The van der Waals surface area contributed by atoms with Crippen LogP contribution in [0.3, 0.4) is 0 Å². The summed E-state index contributed by atoms with van der Waals surface area (Å²) in [6.07, 6.45) is 2.68. The van der Waals surface area contributed by atoms with Crippen molar-refractivity contribution in [1.29, 1.82) is 0 Å². The minimum absolute atomic E-state index is 0.119. The second-order valence-corrected chi connectivity index (χ2v) is 5.97. The van der Waals surface area contributed by atoms with Crippen molar-refractivity contribution in [3.05, 3.63) is 18.1 Å². The Hall–Kier alpha value is -1.65. The average molecular weight is 249 g/mol. The summed E-state index contributed by atoms with van der Waals surface area (Å²) >= 11 is 0. The van der Waals surface area contributed by atoms with E-state index in [2.05, 4.69) is 43.0 Å². The number of nitrogens with one attached hydrogen (secondary N) is 1. The zero-order valence-corrected chi connectivity index (χ0v) is 11.2. The summed E-state index contributed by atoms with van der Waals surface area (Å²) in [5.74, 6) is -0.0926. The SMILES string of the molecule is CC1(C)C(CNc2ncncc2C(=O)O)C1(C)C. The van der Waals surface area contributed by atoms with Crippen molar-refractivity contribution in [1.82, 2.24) is 9.97 Å². The van der Waals surface area contributed by atoms with Gasteiger partial charge in [0.05, 0.1) is 0 Å². The van der Waals surface area contributed by atoms with Gasteiger partial charge in [-0.3, -0.25) is 0 Å². The number of anilines is 1. The van der Waals surface area contributed by atoms with E-state index in [1.165, 1.54) is 12.5 Å². The van der Waals surface area contributed by atoms with Gasteiger partial charge in [0.1, 0.15) is 17.7 Å². The van der Waals surface area contributed by atoms with Gasteiger partial charge in [0, 0.05) is 12.7 Å². The fraction of sp³-hybridized carbons (Fsp3) is 0.615. The summed E-state index contributed by atoms with van der Waals surface area (Å²) in [4.78, 5) is 18.7. The van der Waals surface area contributed by atoms with Crippen LogP contribution < -0.4 is 5.32 Å². The lowest BCUT2D eigenvalue weighted by Gasteiger charge is -2.08. The van der Waals surface area contributed by atoms with Gasteiger partial charge < -0.3 is 10.4 Å². The molecule has 1 heterocycles. The van der Waals surface area contributed by atoms with Crippen LogP contribution in [0.1, 0.15) is 38.1 Å². The van der Waals surface area contributed by atoms with E-state index in [-0.39, 0.29) is 16.4 Å². The highest BCUT2D eigenvalue weighted by Gasteiger charge is 2.64. The Morgan fingerprint density at radius 3 is 2.50 bits per heavy atom. The minimum Gasteiger partial charge on any atom is -0.477 e. The van der Waals surface area contributed by atoms with E-state index in [1.54, 1.807) is 0 Å². The molecule has 0 bridgehead atoms. The fourth-order valence-electron chi connectivity index (χ4n) is 2.67. The third kappa shape index (κ3) is 1.83. The van der Waals surface area contributed by atoms with E-state index >= 15 is 0 Å². The molecule has 5 heteroatoms. The van der Waals surface area contributed by atoms with Crippen molar-refractivity contribution in [3.8, 4) is 0 Å². The standard InChI is InChI=1S/C13H19N3O2/c1-12(2)9(13(12,3)4)6-15-10-8(11(17)18)5-14-7-16-10/h5,7,9H,6H2,1-4H3,(H,17,18)(H,14,15,16). The summed E-state index contributed by atoms with van der Waals surface area (Å²) in [6.45, 7) is 9.67. The molecule has 0 radical (unpaired) electrons. The van der Waals surface area contributed by atoms with E-state index in [0.717, 1.165) is 6.54 Å². The molecular formula is C13H19N3O2. The number of aromatic carboxylic acids is 1. The smallest absolute Gasteiger partial charge is 0.341 e. The van der Waals surface area contributed by atoms with Crippen LogP contribution in [0, 0.1) is 16.7 Å². The van der Waals surface area contributed by atoms with Gasteiger partial charge >= 0.3 is 5.97 Å². The predicted molar refractivity (Wildman–Crippen MR) is 68.5 cm³/mol. The van der Waals surface area contributed by atoms with Crippen LogP contribution in [0.2, 0.25) is 0 Å². The maximum Gasteiger partial charge on any atom is 0.341 e. The predicted octanol–water partition coefficient (Wildman–Crippen LogP) is 2.27.